The summed E-state index contributed by atoms with van der Waals surface area (Å²) in [5.41, 5.74) is 5.98. The van der Waals surface area contributed by atoms with Crippen molar-refractivity contribution in [3.05, 3.63) is 47.0 Å². The summed E-state index contributed by atoms with van der Waals surface area (Å²) in [6, 6.07) is 5.42. The molecule has 4 aromatic rings. The standard InChI is InChI=1S/C22H24FN3S/c1-6-16(7-2)26-11-12(3)19-22(26)24-14(5)20(25-19)21-13(4)17-10-15(23)8-9-18(17)27-21/h8-11,16H,6-7H2,1-5H3. The Morgan fingerprint density at radius 1 is 1.11 bits per heavy atom. The molecule has 140 valence electrons. The number of aromatic nitrogens is 3. The van der Waals surface area contributed by atoms with Crippen LogP contribution in [-0.2, 0) is 0 Å². The van der Waals surface area contributed by atoms with Crippen LogP contribution in [0.5, 0.6) is 0 Å². The molecule has 0 unspecified atom stereocenters. The monoisotopic (exact) mass is 381 g/mol. The van der Waals surface area contributed by atoms with Crippen LogP contribution in [-0.4, -0.2) is 14.5 Å². The summed E-state index contributed by atoms with van der Waals surface area (Å²) in [6.07, 6.45) is 4.32. The molecule has 27 heavy (non-hydrogen) atoms. The van der Waals surface area contributed by atoms with Crippen molar-refractivity contribution in [3.63, 3.8) is 0 Å². The summed E-state index contributed by atoms with van der Waals surface area (Å²) >= 11 is 1.66. The van der Waals surface area contributed by atoms with Crippen molar-refractivity contribution in [2.45, 2.75) is 53.5 Å². The van der Waals surface area contributed by atoms with Gasteiger partial charge in [0.1, 0.15) is 17.0 Å². The molecule has 0 radical (unpaired) electrons. The Balaban J connectivity index is 1.95. The van der Waals surface area contributed by atoms with Crippen LogP contribution in [0.1, 0.15) is 49.6 Å². The Kier molecular flexibility index (Phi) is 4.50. The third-order valence-electron chi connectivity index (χ3n) is 5.45. The number of thiophene rings is 1. The summed E-state index contributed by atoms with van der Waals surface area (Å²) < 4.78 is 17.0. The van der Waals surface area contributed by atoms with E-state index in [1.807, 2.05) is 19.9 Å². The van der Waals surface area contributed by atoms with Gasteiger partial charge >= 0.3 is 0 Å². The Hall–Kier alpha value is -2.27. The number of nitrogens with zero attached hydrogens (tertiary/aromatic N) is 3. The fourth-order valence-electron chi connectivity index (χ4n) is 3.88. The highest BCUT2D eigenvalue weighted by molar-refractivity contribution is 7.22. The molecule has 5 heteroatoms. The summed E-state index contributed by atoms with van der Waals surface area (Å²) in [5.74, 6) is -0.202. The molecule has 3 heterocycles. The molecule has 0 bridgehead atoms. The van der Waals surface area contributed by atoms with Gasteiger partial charge in [0.25, 0.3) is 0 Å². The van der Waals surface area contributed by atoms with Gasteiger partial charge in [0.2, 0.25) is 0 Å². The first-order valence-electron chi connectivity index (χ1n) is 9.49. The van der Waals surface area contributed by atoms with E-state index in [2.05, 4.69) is 31.5 Å². The second kappa shape index (κ2) is 6.71. The topological polar surface area (TPSA) is 30.7 Å². The summed E-state index contributed by atoms with van der Waals surface area (Å²) in [6.45, 7) is 10.6. The zero-order valence-electron chi connectivity index (χ0n) is 16.4. The zero-order valence-corrected chi connectivity index (χ0v) is 17.2. The van der Waals surface area contributed by atoms with Crippen LogP contribution in [0, 0.1) is 26.6 Å². The number of hydrogen-bond acceptors (Lipinski definition) is 3. The smallest absolute Gasteiger partial charge is 0.159 e. The Morgan fingerprint density at radius 3 is 2.56 bits per heavy atom. The van der Waals surface area contributed by atoms with Gasteiger partial charge in [-0.05, 0) is 68.3 Å². The quantitative estimate of drug-likeness (QED) is 0.392. The highest BCUT2D eigenvalue weighted by atomic mass is 32.1. The second-order valence-corrected chi connectivity index (χ2v) is 8.27. The lowest BCUT2D eigenvalue weighted by Crippen LogP contribution is -2.07. The summed E-state index contributed by atoms with van der Waals surface area (Å²) in [7, 11) is 0. The molecule has 0 aliphatic heterocycles. The predicted octanol–water partition coefficient (Wildman–Crippen LogP) is 6.74. The number of hydrogen-bond donors (Lipinski definition) is 0. The largest absolute Gasteiger partial charge is 0.328 e. The molecule has 0 amide bonds. The lowest BCUT2D eigenvalue weighted by Gasteiger charge is -2.16. The van der Waals surface area contributed by atoms with Gasteiger partial charge in [0, 0.05) is 16.9 Å². The second-order valence-electron chi connectivity index (χ2n) is 7.22. The summed E-state index contributed by atoms with van der Waals surface area (Å²) in [4.78, 5) is 11.1. The van der Waals surface area contributed by atoms with E-state index in [-0.39, 0.29) is 5.82 Å². The van der Waals surface area contributed by atoms with Crippen molar-refractivity contribution in [1.29, 1.82) is 0 Å². The predicted molar refractivity (Wildman–Crippen MR) is 112 cm³/mol. The molecule has 4 rings (SSSR count). The Morgan fingerprint density at radius 2 is 1.85 bits per heavy atom. The van der Waals surface area contributed by atoms with E-state index < -0.39 is 0 Å². The van der Waals surface area contributed by atoms with Gasteiger partial charge in [-0.1, -0.05) is 13.8 Å². The van der Waals surface area contributed by atoms with Crippen LogP contribution in [0.3, 0.4) is 0 Å². The highest BCUT2D eigenvalue weighted by Gasteiger charge is 2.20. The fraction of sp³-hybridized carbons (Fsp3) is 0.364. The van der Waals surface area contributed by atoms with E-state index in [0.717, 1.165) is 61.5 Å². The molecular weight excluding hydrogens is 357 g/mol. The first-order valence-corrected chi connectivity index (χ1v) is 10.3. The van der Waals surface area contributed by atoms with Crippen molar-refractivity contribution < 1.29 is 4.39 Å². The zero-order chi connectivity index (χ0) is 19.3. The van der Waals surface area contributed by atoms with Crippen LogP contribution in [0.25, 0.3) is 31.8 Å². The molecule has 3 nitrogen and oxygen atoms in total. The number of aryl methyl sites for hydroxylation is 3. The van der Waals surface area contributed by atoms with Gasteiger partial charge in [-0.25, -0.2) is 14.4 Å². The number of rotatable bonds is 4. The maximum Gasteiger partial charge on any atom is 0.159 e. The van der Waals surface area contributed by atoms with Gasteiger partial charge in [-0.3, -0.25) is 0 Å². The number of fused-ring (bicyclic) bond motifs is 2. The van der Waals surface area contributed by atoms with Gasteiger partial charge in [0.15, 0.2) is 5.65 Å². The molecule has 0 spiro atoms. The van der Waals surface area contributed by atoms with Crippen molar-refractivity contribution in [1.82, 2.24) is 14.5 Å². The maximum absolute atomic E-state index is 13.7. The van der Waals surface area contributed by atoms with Crippen LogP contribution >= 0.6 is 11.3 Å². The molecule has 0 N–H and O–H groups in total. The summed E-state index contributed by atoms with van der Waals surface area (Å²) in [5, 5.41) is 0.961. The minimum atomic E-state index is -0.202. The van der Waals surface area contributed by atoms with Crippen LogP contribution in [0.15, 0.2) is 24.4 Å². The van der Waals surface area contributed by atoms with Gasteiger partial charge in [-0.2, -0.15) is 0 Å². The lowest BCUT2D eigenvalue weighted by atomic mass is 10.1. The molecule has 0 saturated heterocycles. The van der Waals surface area contributed by atoms with E-state index in [9.17, 15) is 4.39 Å². The average molecular weight is 382 g/mol. The van der Waals surface area contributed by atoms with E-state index in [4.69, 9.17) is 9.97 Å². The molecular formula is C22H24FN3S. The van der Waals surface area contributed by atoms with Gasteiger partial charge < -0.3 is 4.57 Å². The van der Waals surface area contributed by atoms with Crippen molar-refractivity contribution in [2.24, 2.45) is 0 Å². The first-order chi connectivity index (χ1) is 12.9. The number of benzene rings is 1. The van der Waals surface area contributed by atoms with Crippen molar-refractivity contribution in [3.8, 4) is 10.6 Å². The molecule has 0 aliphatic rings. The van der Waals surface area contributed by atoms with Crippen molar-refractivity contribution >= 4 is 32.6 Å². The van der Waals surface area contributed by atoms with E-state index >= 15 is 0 Å². The Labute approximate surface area is 162 Å². The van der Waals surface area contributed by atoms with Crippen molar-refractivity contribution in [2.75, 3.05) is 0 Å². The van der Waals surface area contributed by atoms with Gasteiger partial charge in [-0.15, -0.1) is 11.3 Å². The lowest BCUT2D eigenvalue weighted by molar-refractivity contribution is 0.482. The van der Waals surface area contributed by atoms with E-state index in [1.54, 1.807) is 17.4 Å². The third-order valence-corrected chi connectivity index (χ3v) is 6.73. The fourth-order valence-corrected chi connectivity index (χ4v) is 5.11. The minimum absolute atomic E-state index is 0.202. The van der Waals surface area contributed by atoms with E-state index in [0.29, 0.717) is 6.04 Å². The molecule has 0 atom stereocenters. The molecule has 0 saturated carbocycles. The first kappa shape index (κ1) is 18.1. The average Bonchev–Trinajstić information content (AvgIpc) is 3.13. The van der Waals surface area contributed by atoms with E-state index in [1.165, 1.54) is 6.07 Å². The molecule has 0 aliphatic carbocycles. The van der Waals surface area contributed by atoms with Crippen LogP contribution in [0.4, 0.5) is 4.39 Å². The normalized spacial score (nSPS) is 12.0. The van der Waals surface area contributed by atoms with Crippen LogP contribution < -0.4 is 0 Å². The molecule has 0 fully saturated rings. The molecule has 3 aromatic heterocycles. The van der Waals surface area contributed by atoms with Crippen LogP contribution in [0.2, 0.25) is 0 Å². The Bertz CT molecular complexity index is 1150. The molecule has 1 aromatic carbocycles. The maximum atomic E-state index is 13.7. The minimum Gasteiger partial charge on any atom is -0.328 e. The van der Waals surface area contributed by atoms with Gasteiger partial charge in [0.05, 0.1) is 10.6 Å². The number of halogens is 1. The highest BCUT2D eigenvalue weighted by Crippen LogP contribution is 2.39. The third kappa shape index (κ3) is 2.85. The SMILES string of the molecule is CCC(CC)n1cc(C)c2nc(-c3sc4ccc(F)cc4c3C)c(C)nc21.